The van der Waals surface area contributed by atoms with E-state index in [1.165, 1.54) is 5.56 Å². The topological polar surface area (TPSA) is 84.3 Å². The monoisotopic (exact) mass is 460 g/mol. The van der Waals surface area contributed by atoms with E-state index in [0.717, 1.165) is 42.7 Å². The molecule has 2 aromatic heterocycles. The van der Waals surface area contributed by atoms with Crippen LogP contribution < -0.4 is 15.4 Å². The van der Waals surface area contributed by atoms with Crippen molar-refractivity contribution in [2.45, 2.75) is 31.4 Å². The molecule has 2 N–H and O–H groups in total. The second-order valence-electron chi connectivity index (χ2n) is 9.33. The lowest BCUT2D eigenvalue weighted by Gasteiger charge is -2.34. The number of aryl methyl sites for hydroxylation is 1. The lowest BCUT2D eigenvalue weighted by atomic mass is 9.94. The van der Waals surface area contributed by atoms with Crippen LogP contribution in [0.2, 0.25) is 0 Å². The predicted octanol–water partition coefficient (Wildman–Crippen LogP) is 3.24. The second kappa shape index (κ2) is 9.85. The van der Waals surface area contributed by atoms with Gasteiger partial charge >= 0.3 is 0 Å². The van der Waals surface area contributed by atoms with E-state index < -0.39 is 0 Å². The minimum absolute atomic E-state index is 0.0320. The molecule has 0 bridgehead atoms. The fourth-order valence-electron chi connectivity index (χ4n) is 4.88. The largest absolute Gasteiger partial charge is 0.469 e. The van der Waals surface area contributed by atoms with Crippen LogP contribution in [0.3, 0.4) is 0 Å². The molecule has 3 atom stereocenters. The van der Waals surface area contributed by atoms with Gasteiger partial charge in [0.2, 0.25) is 11.8 Å². The number of benzene rings is 1. The third-order valence-corrected chi connectivity index (χ3v) is 6.82. The van der Waals surface area contributed by atoms with Crippen molar-refractivity contribution in [3.8, 4) is 17.0 Å². The van der Waals surface area contributed by atoms with Crippen LogP contribution >= 0.6 is 0 Å². The molecule has 5 rings (SSSR count). The Morgan fingerprint density at radius 1 is 1.21 bits per heavy atom. The van der Waals surface area contributed by atoms with Crippen LogP contribution in [0, 0.1) is 5.92 Å². The smallest absolute Gasteiger partial charge is 0.237 e. The van der Waals surface area contributed by atoms with E-state index in [2.05, 4.69) is 51.0 Å². The molecule has 0 radical (unpaired) electrons. The van der Waals surface area contributed by atoms with Gasteiger partial charge in [-0.25, -0.2) is 4.98 Å². The van der Waals surface area contributed by atoms with E-state index >= 15 is 0 Å². The minimum atomic E-state index is -0.0951. The molecule has 0 saturated carbocycles. The number of fused-ring (bicyclic) bond motifs is 1. The van der Waals surface area contributed by atoms with Crippen LogP contribution in [-0.4, -0.2) is 58.4 Å². The number of pyridine rings is 1. The molecule has 1 saturated heterocycles. The summed E-state index contributed by atoms with van der Waals surface area (Å²) in [5, 5.41) is 11.5. The van der Waals surface area contributed by atoms with E-state index in [1.54, 1.807) is 4.68 Å². The molecule has 34 heavy (non-hydrogen) atoms. The Bertz CT molecular complexity index is 1130. The van der Waals surface area contributed by atoms with Crippen LogP contribution in [0.15, 0.2) is 55.0 Å². The zero-order chi connectivity index (χ0) is 23.5. The molecule has 1 fully saturated rings. The number of likely N-dealkylation sites (tertiary alicyclic amines) is 1. The zero-order valence-electron chi connectivity index (χ0n) is 19.8. The number of hydrogen-bond acceptors (Lipinski definition) is 6. The molecule has 178 valence electrons. The third kappa shape index (κ3) is 4.92. The van der Waals surface area contributed by atoms with Gasteiger partial charge in [-0.15, -0.1) is 0 Å². The SMILES string of the molecule is CN1C[C@@H](CCN[C@H](c2ccccc2)[C@@H]2CNc3cc(-c4cnn(C)c4)cnc3O2)CCC1=O. The fourth-order valence-corrected chi connectivity index (χ4v) is 4.88. The van der Waals surface area contributed by atoms with E-state index in [9.17, 15) is 4.79 Å². The van der Waals surface area contributed by atoms with E-state index in [-0.39, 0.29) is 18.1 Å². The Kier molecular flexibility index (Phi) is 6.49. The highest BCUT2D eigenvalue weighted by Gasteiger charge is 2.30. The number of carbonyl (C=O) groups excluding carboxylic acids is 1. The van der Waals surface area contributed by atoms with Gasteiger partial charge in [0.1, 0.15) is 6.10 Å². The van der Waals surface area contributed by atoms with Gasteiger partial charge in [-0.1, -0.05) is 30.3 Å². The number of hydrogen-bond donors (Lipinski definition) is 2. The summed E-state index contributed by atoms with van der Waals surface area (Å²) in [5.74, 6) is 1.41. The summed E-state index contributed by atoms with van der Waals surface area (Å²) < 4.78 is 8.19. The zero-order valence-corrected chi connectivity index (χ0v) is 19.8. The molecule has 1 amide bonds. The summed E-state index contributed by atoms with van der Waals surface area (Å²) in [6, 6.07) is 12.5. The number of nitrogens with zero attached hydrogens (tertiary/aromatic N) is 4. The molecular weight excluding hydrogens is 428 g/mol. The summed E-state index contributed by atoms with van der Waals surface area (Å²) in [4.78, 5) is 18.3. The lowest BCUT2D eigenvalue weighted by molar-refractivity contribution is -0.133. The average molecular weight is 461 g/mol. The highest BCUT2D eigenvalue weighted by Crippen LogP contribution is 2.34. The highest BCUT2D eigenvalue weighted by atomic mass is 16.5. The van der Waals surface area contributed by atoms with Gasteiger partial charge in [0.15, 0.2) is 0 Å². The Morgan fingerprint density at radius 3 is 2.82 bits per heavy atom. The van der Waals surface area contributed by atoms with Gasteiger partial charge in [-0.2, -0.15) is 5.10 Å². The number of piperidine rings is 1. The molecule has 2 aliphatic heterocycles. The van der Waals surface area contributed by atoms with Crippen molar-refractivity contribution >= 4 is 11.6 Å². The molecule has 0 spiro atoms. The number of ether oxygens (including phenoxy) is 1. The molecule has 8 heteroatoms. The van der Waals surface area contributed by atoms with Gasteiger partial charge < -0.3 is 20.3 Å². The predicted molar refractivity (Wildman–Crippen MR) is 132 cm³/mol. The summed E-state index contributed by atoms with van der Waals surface area (Å²) in [6.45, 7) is 2.39. The number of rotatable bonds is 7. The van der Waals surface area contributed by atoms with Crippen molar-refractivity contribution < 1.29 is 9.53 Å². The van der Waals surface area contributed by atoms with Gasteiger partial charge in [0.25, 0.3) is 0 Å². The molecule has 3 aromatic rings. The lowest BCUT2D eigenvalue weighted by Crippen LogP contribution is -2.44. The normalized spacial score (nSPS) is 20.9. The van der Waals surface area contributed by atoms with E-state index in [0.29, 0.717) is 24.8 Å². The molecular formula is C26H32N6O2. The van der Waals surface area contributed by atoms with Crippen LogP contribution in [0.1, 0.15) is 30.9 Å². The van der Waals surface area contributed by atoms with Crippen molar-refractivity contribution in [1.82, 2.24) is 25.0 Å². The van der Waals surface area contributed by atoms with Crippen molar-refractivity contribution in [1.29, 1.82) is 0 Å². The maximum atomic E-state index is 11.8. The van der Waals surface area contributed by atoms with Crippen molar-refractivity contribution in [3.63, 3.8) is 0 Å². The van der Waals surface area contributed by atoms with Gasteiger partial charge in [-0.3, -0.25) is 9.48 Å². The Morgan fingerprint density at radius 2 is 2.06 bits per heavy atom. The Labute approximate surface area is 200 Å². The van der Waals surface area contributed by atoms with Crippen molar-refractivity contribution in [2.24, 2.45) is 13.0 Å². The molecule has 0 aliphatic carbocycles. The summed E-state index contributed by atoms with van der Waals surface area (Å²) in [7, 11) is 3.81. The first-order valence-corrected chi connectivity index (χ1v) is 12.0. The second-order valence-corrected chi connectivity index (χ2v) is 9.33. The Hall–Kier alpha value is -3.39. The van der Waals surface area contributed by atoms with Gasteiger partial charge in [-0.05, 0) is 36.9 Å². The van der Waals surface area contributed by atoms with Crippen LogP contribution in [-0.2, 0) is 11.8 Å². The molecule has 1 aromatic carbocycles. The molecule has 4 heterocycles. The van der Waals surface area contributed by atoms with Crippen LogP contribution in [0.25, 0.3) is 11.1 Å². The number of anilines is 1. The maximum Gasteiger partial charge on any atom is 0.237 e. The number of nitrogens with one attached hydrogen (secondary N) is 2. The first-order chi connectivity index (χ1) is 16.6. The maximum absolute atomic E-state index is 11.8. The van der Waals surface area contributed by atoms with E-state index in [1.807, 2.05) is 43.7 Å². The van der Waals surface area contributed by atoms with E-state index in [4.69, 9.17) is 4.74 Å². The molecule has 0 unspecified atom stereocenters. The summed E-state index contributed by atoms with van der Waals surface area (Å²) >= 11 is 0. The third-order valence-electron chi connectivity index (χ3n) is 6.82. The number of amides is 1. The first kappa shape index (κ1) is 22.4. The first-order valence-electron chi connectivity index (χ1n) is 12.0. The Balaban J connectivity index is 1.27. The number of carbonyl (C=O) groups is 1. The van der Waals surface area contributed by atoms with Gasteiger partial charge in [0.05, 0.1) is 24.5 Å². The highest BCUT2D eigenvalue weighted by molar-refractivity contribution is 5.76. The number of aromatic nitrogens is 3. The van der Waals surface area contributed by atoms with Gasteiger partial charge in [0, 0.05) is 50.6 Å². The minimum Gasteiger partial charge on any atom is -0.469 e. The standard InChI is InChI=1S/C26H32N6O2/c1-31-16-18(8-9-24(31)33)10-11-27-25(19-6-4-3-5-7-19)23-15-28-22-12-20(13-29-26(22)34-23)21-14-30-32(2)17-21/h3-7,12-14,17-18,23,25,27-28H,8-11,15-16H2,1-2H3/t18-,23+,25-/m1/s1. The van der Waals surface area contributed by atoms with Crippen molar-refractivity contribution in [3.05, 3.63) is 60.6 Å². The summed E-state index contributed by atoms with van der Waals surface area (Å²) in [6.07, 6.45) is 8.22. The summed E-state index contributed by atoms with van der Waals surface area (Å²) in [5.41, 5.74) is 4.13. The van der Waals surface area contributed by atoms with Crippen LogP contribution in [0.5, 0.6) is 5.88 Å². The fraction of sp³-hybridized carbons (Fsp3) is 0.423. The molecule has 8 nitrogen and oxygen atoms in total. The van der Waals surface area contributed by atoms with Crippen molar-refractivity contribution in [2.75, 3.05) is 32.0 Å². The quantitative estimate of drug-likeness (QED) is 0.563. The van der Waals surface area contributed by atoms with Crippen LogP contribution in [0.4, 0.5) is 5.69 Å². The molecule has 2 aliphatic rings. The average Bonchev–Trinajstić information content (AvgIpc) is 3.30.